The fourth-order valence-electron chi connectivity index (χ4n) is 3.50. The molecule has 2 saturated carbocycles. The highest BCUT2D eigenvalue weighted by atomic mass is 16.2. The Morgan fingerprint density at radius 1 is 1.12 bits per heavy atom. The normalized spacial score (nSPS) is 25.3. The average Bonchev–Trinajstić information content (AvgIpc) is 2.50. The van der Waals surface area contributed by atoms with Gasteiger partial charge in [-0.1, -0.05) is 0 Å². The molecule has 0 aromatic carbocycles. The molecule has 7 heteroatoms. The molecule has 0 aliphatic heterocycles. The van der Waals surface area contributed by atoms with Crippen LogP contribution in [0.4, 0.5) is 0 Å². The van der Waals surface area contributed by atoms with Crippen molar-refractivity contribution >= 4 is 17.7 Å². The van der Waals surface area contributed by atoms with Crippen LogP contribution in [-0.2, 0) is 14.4 Å². The number of nitrogens with zero attached hydrogens (tertiary/aromatic N) is 1. The molecule has 0 spiro atoms. The predicted octanol–water partition coefficient (Wildman–Crippen LogP) is 0.136. The molecule has 3 amide bonds. The van der Waals surface area contributed by atoms with Crippen molar-refractivity contribution in [3.8, 4) is 0 Å². The van der Waals surface area contributed by atoms with Gasteiger partial charge in [-0.25, -0.2) is 0 Å². The van der Waals surface area contributed by atoms with E-state index in [1.807, 2.05) is 11.9 Å². The second-order valence-corrected chi connectivity index (χ2v) is 7.15. The smallest absolute Gasteiger partial charge is 0.239 e. The van der Waals surface area contributed by atoms with Gasteiger partial charge in [-0.15, -0.1) is 0 Å². The Balaban J connectivity index is 1.72. The third-order valence-electron chi connectivity index (χ3n) is 5.40. The van der Waals surface area contributed by atoms with Crippen LogP contribution in [0.3, 0.4) is 0 Å². The lowest BCUT2D eigenvalue weighted by molar-refractivity contribution is -0.136. The van der Waals surface area contributed by atoms with E-state index in [1.165, 1.54) is 13.3 Å². The van der Waals surface area contributed by atoms with Crippen LogP contribution in [0.2, 0.25) is 0 Å². The standard InChI is InChI=1S/C17H30N4O3/c1-11(22)19-10-15(23)20-13-8-6-12(7-9-13)16(18)17(24)21(2)14-4-3-5-14/h12-14,16H,3-10,18H2,1-2H3,(H,19,22)(H,20,23)/t12?,13?,16-/m0/s1. The van der Waals surface area contributed by atoms with Gasteiger partial charge < -0.3 is 21.3 Å². The summed E-state index contributed by atoms with van der Waals surface area (Å²) in [5.41, 5.74) is 6.21. The number of hydrogen-bond acceptors (Lipinski definition) is 4. The Kier molecular flexibility index (Phi) is 6.60. The number of likely N-dealkylation sites (N-methyl/N-ethyl adjacent to an activating group) is 1. The predicted molar refractivity (Wildman–Crippen MR) is 91.0 cm³/mol. The summed E-state index contributed by atoms with van der Waals surface area (Å²) in [5.74, 6) is -0.144. The number of nitrogens with one attached hydrogen (secondary N) is 2. The van der Waals surface area contributed by atoms with Crippen molar-refractivity contribution in [2.45, 2.75) is 70.0 Å². The van der Waals surface area contributed by atoms with E-state index in [0.29, 0.717) is 6.04 Å². The third kappa shape index (κ3) is 4.93. The maximum atomic E-state index is 12.5. The molecular formula is C17H30N4O3. The minimum Gasteiger partial charge on any atom is -0.352 e. The van der Waals surface area contributed by atoms with Crippen molar-refractivity contribution in [2.75, 3.05) is 13.6 Å². The third-order valence-corrected chi connectivity index (χ3v) is 5.40. The second kappa shape index (κ2) is 8.46. The number of hydrogen-bond donors (Lipinski definition) is 3. The molecule has 4 N–H and O–H groups in total. The van der Waals surface area contributed by atoms with Crippen LogP contribution >= 0.6 is 0 Å². The second-order valence-electron chi connectivity index (χ2n) is 7.15. The first-order valence-corrected chi connectivity index (χ1v) is 8.94. The topological polar surface area (TPSA) is 105 Å². The van der Waals surface area contributed by atoms with E-state index in [0.717, 1.165) is 38.5 Å². The minimum absolute atomic E-state index is 0.0133. The lowest BCUT2D eigenvalue weighted by Gasteiger charge is -2.38. The molecule has 0 aromatic rings. The van der Waals surface area contributed by atoms with E-state index >= 15 is 0 Å². The molecule has 1 atom stereocenters. The first kappa shape index (κ1) is 18.7. The number of rotatable bonds is 6. The SMILES string of the molecule is CC(=O)NCC(=O)NC1CCC([C@H](N)C(=O)N(C)C2CCC2)CC1. The lowest BCUT2D eigenvalue weighted by atomic mass is 9.81. The van der Waals surface area contributed by atoms with Crippen LogP contribution in [-0.4, -0.2) is 54.3 Å². The molecule has 2 rings (SSSR count). The maximum Gasteiger partial charge on any atom is 0.239 e. The fraction of sp³-hybridized carbons (Fsp3) is 0.824. The van der Waals surface area contributed by atoms with E-state index in [4.69, 9.17) is 5.73 Å². The highest BCUT2D eigenvalue weighted by Gasteiger charge is 2.34. The molecule has 2 aliphatic carbocycles. The zero-order valence-electron chi connectivity index (χ0n) is 14.7. The molecule has 0 aromatic heterocycles. The van der Waals surface area contributed by atoms with Crippen molar-refractivity contribution < 1.29 is 14.4 Å². The van der Waals surface area contributed by atoms with Gasteiger partial charge in [0, 0.05) is 26.1 Å². The van der Waals surface area contributed by atoms with Crippen LogP contribution in [0, 0.1) is 5.92 Å². The Morgan fingerprint density at radius 3 is 2.25 bits per heavy atom. The molecule has 0 bridgehead atoms. The highest BCUT2D eigenvalue weighted by molar-refractivity contribution is 5.84. The van der Waals surface area contributed by atoms with Crippen molar-refractivity contribution in [1.82, 2.24) is 15.5 Å². The van der Waals surface area contributed by atoms with Crippen LogP contribution in [0.1, 0.15) is 51.9 Å². The van der Waals surface area contributed by atoms with E-state index in [9.17, 15) is 14.4 Å². The molecule has 7 nitrogen and oxygen atoms in total. The van der Waals surface area contributed by atoms with Gasteiger partial charge in [0.1, 0.15) is 0 Å². The molecule has 24 heavy (non-hydrogen) atoms. The number of nitrogens with two attached hydrogens (primary N) is 1. The van der Waals surface area contributed by atoms with Crippen molar-refractivity contribution in [1.29, 1.82) is 0 Å². The maximum absolute atomic E-state index is 12.5. The Labute approximate surface area is 143 Å². The lowest BCUT2D eigenvalue weighted by Crippen LogP contribution is -2.52. The largest absolute Gasteiger partial charge is 0.352 e. The molecule has 136 valence electrons. The Bertz CT molecular complexity index is 470. The Hall–Kier alpha value is -1.63. The van der Waals surface area contributed by atoms with Gasteiger partial charge in [0.15, 0.2) is 0 Å². The van der Waals surface area contributed by atoms with Gasteiger partial charge in [-0.2, -0.15) is 0 Å². The number of amides is 3. The minimum atomic E-state index is -0.438. The fourth-order valence-corrected chi connectivity index (χ4v) is 3.50. The van der Waals surface area contributed by atoms with E-state index in [1.54, 1.807) is 0 Å². The van der Waals surface area contributed by atoms with Crippen molar-refractivity contribution in [3.63, 3.8) is 0 Å². The summed E-state index contributed by atoms with van der Waals surface area (Å²) in [6, 6.07) is 0.0359. The van der Waals surface area contributed by atoms with E-state index in [-0.39, 0.29) is 36.2 Å². The first-order chi connectivity index (χ1) is 11.4. The summed E-state index contributed by atoms with van der Waals surface area (Å²) in [5, 5.41) is 5.42. The van der Waals surface area contributed by atoms with Crippen molar-refractivity contribution in [3.05, 3.63) is 0 Å². The highest BCUT2D eigenvalue weighted by Crippen LogP contribution is 2.29. The van der Waals surface area contributed by atoms with Crippen molar-refractivity contribution in [2.24, 2.45) is 11.7 Å². The molecule has 2 fully saturated rings. The zero-order valence-corrected chi connectivity index (χ0v) is 14.7. The summed E-state index contributed by atoms with van der Waals surface area (Å²) in [7, 11) is 1.86. The first-order valence-electron chi connectivity index (χ1n) is 8.94. The van der Waals surface area contributed by atoms with E-state index < -0.39 is 6.04 Å². The van der Waals surface area contributed by atoms with Gasteiger partial charge in [-0.05, 0) is 50.9 Å². The summed E-state index contributed by atoms with van der Waals surface area (Å²) in [6.45, 7) is 1.40. The summed E-state index contributed by atoms with van der Waals surface area (Å²) in [6.07, 6.45) is 6.70. The monoisotopic (exact) mass is 338 g/mol. The van der Waals surface area contributed by atoms with Gasteiger partial charge >= 0.3 is 0 Å². The molecular weight excluding hydrogens is 308 g/mol. The van der Waals surface area contributed by atoms with Gasteiger partial charge in [-0.3, -0.25) is 14.4 Å². The zero-order chi connectivity index (χ0) is 17.7. The van der Waals surface area contributed by atoms with Crippen LogP contribution in [0.15, 0.2) is 0 Å². The van der Waals surface area contributed by atoms with Crippen LogP contribution < -0.4 is 16.4 Å². The molecule has 0 radical (unpaired) electrons. The van der Waals surface area contributed by atoms with Gasteiger partial charge in [0.05, 0.1) is 12.6 Å². The number of carbonyl (C=O) groups is 3. The Morgan fingerprint density at radius 2 is 1.75 bits per heavy atom. The molecule has 0 saturated heterocycles. The average molecular weight is 338 g/mol. The summed E-state index contributed by atoms with van der Waals surface area (Å²) in [4.78, 5) is 36.8. The summed E-state index contributed by atoms with van der Waals surface area (Å²) < 4.78 is 0. The molecule has 2 aliphatic rings. The molecule has 0 heterocycles. The van der Waals surface area contributed by atoms with Crippen LogP contribution in [0.25, 0.3) is 0 Å². The summed E-state index contributed by atoms with van der Waals surface area (Å²) >= 11 is 0. The quantitative estimate of drug-likeness (QED) is 0.640. The molecule has 0 unspecified atom stereocenters. The number of carbonyl (C=O) groups excluding carboxylic acids is 3. The van der Waals surface area contributed by atoms with Crippen LogP contribution in [0.5, 0.6) is 0 Å². The van der Waals surface area contributed by atoms with E-state index in [2.05, 4.69) is 10.6 Å². The van der Waals surface area contributed by atoms with Gasteiger partial charge in [0.2, 0.25) is 17.7 Å². The van der Waals surface area contributed by atoms with Gasteiger partial charge in [0.25, 0.3) is 0 Å².